The molecular formula is C61H64ClN11O11. The van der Waals surface area contributed by atoms with Gasteiger partial charge < -0.3 is 60.1 Å². The molecule has 1 aromatic heterocycles. The van der Waals surface area contributed by atoms with Gasteiger partial charge in [0.05, 0.1) is 69.1 Å². The summed E-state index contributed by atoms with van der Waals surface area (Å²) in [5.74, 6) is 0.146. The maximum absolute atomic E-state index is 14.1. The number of aromatic nitrogens is 2. The first-order valence-electron chi connectivity index (χ1n) is 27.2. The van der Waals surface area contributed by atoms with Crippen LogP contribution >= 0.6 is 11.6 Å². The van der Waals surface area contributed by atoms with Crippen LogP contribution in [0.1, 0.15) is 84.7 Å². The number of hydrogen-bond acceptors (Lipinski definition) is 16. The molecule has 0 saturated heterocycles. The van der Waals surface area contributed by atoms with Crippen LogP contribution in [0.3, 0.4) is 0 Å². The summed E-state index contributed by atoms with van der Waals surface area (Å²) in [7, 11) is 4.65. The van der Waals surface area contributed by atoms with Crippen LogP contribution in [0.25, 0.3) is 11.1 Å². The summed E-state index contributed by atoms with van der Waals surface area (Å²) in [6.45, 7) is 9.32. The molecule has 4 aliphatic heterocycles. The van der Waals surface area contributed by atoms with E-state index in [0.29, 0.717) is 83.4 Å². The molecule has 5 heterocycles. The van der Waals surface area contributed by atoms with Gasteiger partial charge in [0.1, 0.15) is 28.8 Å². The lowest BCUT2D eigenvalue weighted by Crippen LogP contribution is -2.53. The number of carbonyl (C=O) groups excluding carboxylic acids is 6. The zero-order valence-corrected chi connectivity index (χ0v) is 48.0. The van der Waals surface area contributed by atoms with Gasteiger partial charge in [-0.15, -0.1) is 0 Å². The molecule has 4 aliphatic rings. The minimum absolute atomic E-state index is 0.0727. The Kier molecular flexibility index (Phi) is 18.7. The Morgan fingerprint density at radius 1 is 0.690 bits per heavy atom. The fraction of sp³-hybridized carbons (Fsp3) is 0.311. The summed E-state index contributed by atoms with van der Waals surface area (Å²) >= 11 is 6.05. The molecule has 5 N–H and O–H groups in total. The van der Waals surface area contributed by atoms with Gasteiger partial charge in [0, 0.05) is 80.9 Å². The van der Waals surface area contributed by atoms with E-state index in [-0.39, 0.29) is 72.3 Å². The van der Waals surface area contributed by atoms with Crippen molar-refractivity contribution in [3.63, 3.8) is 0 Å². The minimum atomic E-state index is -0.946. The summed E-state index contributed by atoms with van der Waals surface area (Å²) in [6, 6.07) is 20.5. The van der Waals surface area contributed by atoms with Crippen molar-refractivity contribution in [2.75, 3.05) is 57.0 Å². The van der Waals surface area contributed by atoms with Crippen LogP contribution in [0, 0.1) is 5.92 Å². The highest BCUT2D eigenvalue weighted by Crippen LogP contribution is 2.42. The standard InChI is InChI=1S/C61H64ClN11O11/c1-8-54(74)69-53-29-52(62)68-61(70-53)63-20-9-11-55(75)71-56(34(2)3)58(77)66-35(4)57(76)67-40-16-12-36(13-17-40)38-23-41-30-64-46-27-50(48(81-6)25-44(46)59(78)72(41)32-38)83-21-10-22-84-51-28-47-45(26-49(51)82-7)60(79)73-33-39(24-42(73)31-65-47)37-14-18-43(80-5)19-15-37/h8,12-19,25-35,41-42,56H,1,9-11,20-24H2,2-7H3,(H,66,77)(H,67,76)(H,71,75)(H2,63,68,69,70,74)/t35-,41?,42-,56?/m0/s1. The molecule has 0 spiro atoms. The predicted molar refractivity (Wildman–Crippen MR) is 319 cm³/mol. The van der Waals surface area contributed by atoms with E-state index >= 15 is 0 Å². The van der Waals surface area contributed by atoms with Gasteiger partial charge >= 0.3 is 0 Å². The van der Waals surface area contributed by atoms with E-state index in [9.17, 15) is 28.8 Å². The lowest BCUT2D eigenvalue weighted by Gasteiger charge is -2.24. The van der Waals surface area contributed by atoms with E-state index in [1.54, 1.807) is 92.7 Å². The number of benzene rings is 4. The number of rotatable bonds is 24. The summed E-state index contributed by atoms with van der Waals surface area (Å²) in [6.07, 6.45) is 10.3. The smallest absolute Gasteiger partial charge is 0.260 e. The van der Waals surface area contributed by atoms with Crippen LogP contribution < -0.4 is 50.3 Å². The number of halogens is 1. The molecule has 23 heteroatoms. The SMILES string of the molecule is C=CC(=O)Nc1cc(Cl)nc(NCCCC(=O)NC(C(=O)N[C@@H](C)C(=O)Nc2ccc(C3=CN4C(=O)c5cc(OC)c(OCCCOc6cc7c(cc6OC)C(=O)N6C=C(c8ccc(OC)cc8)C[C@H]6C=N7)cc5N=CC4C3)cc2)C(C)C)n1. The minimum Gasteiger partial charge on any atom is -0.497 e. The van der Waals surface area contributed by atoms with Gasteiger partial charge in [-0.05, 0) is 84.0 Å². The van der Waals surface area contributed by atoms with Gasteiger partial charge in [-0.25, -0.2) is 4.98 Å². The quantitative estimate of drug-likeness (QED) is 0.0220. The Balaban J connectivity index is 0.734. The number of ether oxygens (including phenoxy) is 5. The van der Waals surface area contributed by atoms with Gasteiger partial charge in [-0.1, -0.05) is 56.3 Å². The molecule has 6 amide bonds. The second kappa shape index (κ2) is 26.6. The molecule has 436 valence electrons. The van der Waals surface area contributed by atoms with Crippen LogP contribution in [0.15, 0.2) is 114 Å². The summed E-state index contributed by atoms with van der Waals surface area (Å²) in [4.78, 5) is 100. The zero-order valence-electron chi connectivity index (χ0n) is 47.2. The predicted octanol–water partition coefficient (Wildman–Crippen LogP) is 8.55. The largest absolute Gasteiger partial charge is 0.497 e. The van der Waals surface area contributed by atoms with Gasteiger partial charge in [-0.3, -0.25) is 38.8 Å². The topological polar surface area (TPSA) is 266 Å². The van der Waals surface area contributed by atoms with Crippen LogP contribution in [-0.4, -0.2) is 133 Å². The average Bonchev–Trinajstić information content (AvgIpc) is 3.99. The lowest BCUT2D eigenvalue weighted by atomic mass is 10.0. The fourth-order valence-corrected chi connectivity index (χ4v) is 9.91. The van der Waals surface area contributed by atoms with Crippen molar-refractivity contribution >= 4 is 99.4 Å². The van der Waals surface area contributed by atoms with Crippen LogP contribution in [-0.2, 0) is 19.2 Å². The molecular weight excluding hydrogens is 1100 g/mol. The Morgan fingerprint density at radius 3 is 1.77 bits per heavy atom. The number of anilines is 3. The molecule has 0 aliphatic carbocycles. The van der Waals surface area contributed by atoms with Crippen molar-refractivity contribution in [1.82, 2.24) is 30.4 Å². The van der Waals surface area contributed by atoms with Crippen molar-refractivity contribution in [3.8, 4) is 28.7 Å². The molecule has 0 radical (unpaired) electrons. The van der Waals surface area contributed by atoms with E-state index in [1.165, 1.54) is 20.3 Å². The Labute approximate surface area is 490 Å². The third-order valence-corrected chi connectivity index (χ3v) is 14.4. The molecule has 0 fully saturated rings. The third-order valence-electron chi connectivity index (χ3n) is 14.2. The average molecular weight is 1160 g/mol. The van der Waals surface area contributed by atoms with E-state index in [2.05, 4.69) is 43.1 Å². The van der Waals surface area contributed by atoms with Crippen LogP contribution in [0.2, 0.25) is 5.15 Å². The van der Waals surface area contributed by atoms with Crippen molar-refractivity contribution < 1.29 is 52.5 Å². The number of nitrogens with zero attached hydrogens (tertiary/aromatic N) is 6. The first-order valence-corrected chi connectivity index (χ1v) is 27.6. The van der Waals surface area contributed by atoms with Crippen LogP contribution in [0.4, 0.5) is 28.8 Å². The Bertz CT molecular complexity index is 3490. The highest BCUT2D eigenvalue weighted by atomic mass is 35.5. The maximum atomic E-state index is 14.1. The molecule has 84 heavy (non-hydrogen) atoms. The van der Waals surface area contributed by atoms with E-state index < -0.39 is 29.8 Å². The van der Waals surface area contributed by atoms with Gasteiger partial charge in [0.2, 0.25) is 29.6 Å². The molecule has 0 saturated carbocycles. The van der Waals surface area contributed by atoms with Crippen molar-refractivity contribution in [3.05, 3.63) is 131 Å². The van der Waals surface area contributed by atoms with E-state index in [0.717, 1.165) is 34.1 Å². The molecule has 4 atom stereocenters. The highest BCUT2D eigenvalue weighted by molar-refractivity contribution is 6.29. The molecule has 0 bridgehead atoms. The number of hydrogen-bond donors (Lipinski definition) is 5. The van der Waals surface area contributed by atoms with Crippen molar-refractivity contribution in [2.24, 2.45) is 15.9 Å². The van der Waals surface area contributed by atoms with Crippen molar-refractivity contribution in [2.45, 2.75) is 77.0 Å². The molecule has 22 nitrogen and oxygen atoms in total. The molecule has 2 unspecified atom stereocenters. The van der Waals surface area contributed by atoms with E-state index in [1.807, 2.05) is 42.6 Å². The number of amides is 6. The number of fused-ring (bicyclic) bond motifs is 4. The molecule has 4 aromatic carbocycles. The highest BCUT2D eigenvalue weighted by Gasteiger charge is 2.36. The number of methoxy groups -OCH3 is 3. The lowest BCUT2D eigenvalue weighted by molar-refractivity contribution is -0.131. The van der Waals surface area contributed by atoms with Gasteiger partial charge in [0.15, 0.2) is 23.0 Å². The second-order valence-corrected chi connectivity index (χ2v) is 20.7. The molecule has 5 aromatic rings. The first-order chi connectivity index (χ1) is 40.5. The summed E-state index contributed by atoms with van der Waals surface area (Å²) < 4.78 is 29.0. The number of carbonyl (C=O) groups is 6. The monoisotopic (exact) mass is 1160 g/mol. The first kappa shape index (κ1) is 59.1. The fourth-order valence-electron chi connectivity index (χ4n) is 9.73. The number of aliphatic imine (C=N–C) groups is 2. The number of nitrogens with one attached hydrogen (secondary N) is 5. The van der Waals surface area contributed by atoms with Crippen molar-refractivity contribution in [1.29, 1.82) is 0 Å². The van der Waals surface area contributed by atoms with Gasteiger partial charge in [-0.2, -0.15) is 4.98 Å². The maximum Gasteiger partial charge on any atom is 0.260 e. The summed E-state index contributed by atoms with van der Waals surface area (Å²) in [5.41, 5.74) is 5.91. The Morgan fingerprint density at radius 2 is 1.25 bits per heavy atom. The van der Waals surface area contributed by atoms with E-state index in [4.69, 9.17) is 45.3 Å². The molecule has 9 rings (SSSR count). The zero-order chi connectivity index (χ0) is 59.6. The normalized spacial score (nSPS) is 16.3. The Hall–Kier alpha value is -9.57. The second-order valence-electron chi connectivity index (χ2n) is 20.4. The summed E-state index contributed by atoms with van der Waals surface area (Å²) in [5, 5.41) is 13.9. The van der Waals surface area contributed by atoms with Gasteiger partial charge in [0.25, 0.3) is 11.8 Å². The van der Waals surface area contributed by atoms with Crippen LogP contribution in [0.5, 0.6) is 28.7 Å². The third kappa shape index (κ3) is 13.8.